The van der Waals surface area contributed by atoms with E-state index in [2.05, 4.69) is 74.0 Å². The zero-order valence-corrected chi connectivity index (χ0v) is 17.2. The van der Waals surface area contributed by atoms with Crippen LogP contribution in [-0.4, -0.2) is 12.8 Å². The van der Waals surface area contributed by atoms with Crippen LogP contribution in [0.1, 0.15) is 37.5 Å². The Labute approximate surface area is 144 Å². The molecule has 124 valence electrons. The van der Waals surface area contributed by atoms with Gasteiger partial charge in [-0.3, -0.25) is 0 Å². The molecule has 23 heavy (non-hydrogen) atoms. The zero-order chi connectivity index (χ0) is 17.6. The Bertz CT molecular complexity index is 728. The van der Waals surface area contributed by atoms with Crippen LogP contribution in [0.4, 0.5) is 0 Å². The van der Waals surface area contributed by atoms with E-state index in [1.165, 1.54) is 31.9 Å². The predicted molar refractivity (Wildman–Crippen MR) is 113 cm³/mol. The molecule has 0 aromatic heterocycles. The number of benzene rings is 2. The first kappa shape index (κ1) is 19.5. The van der Waals surface area contributed by atoms with Gasteiger partial charge in [0.15, 0.2) is 0 Å². The van der Waals surface area contributed by atoms with Gasteiger partial charge in [0.2, 0.25) is 0 Å². The fourth-order valence-corrected chi connectivity index (χ4v) is 6.42. The molecule has 0 fully saturated rings. The number of hydrogen-bond donors (Lipinski definition) is 0. The fraction of sp³-hybridized carbons (Fsp3) is 0.273. The van der Waals surface area contributed by atoms with Gasteiger partial charge >= 0.3 is 131 Å². The standard InChI is InChI=1S/C20H24Se.C2H6/c1-7-12-18-16(9-3)15(8-2)17-13-10-11-14-19(17)20(18)21(4,5)6;1-2/h7-14H,2-3H2,1,4-6H3;1-2H3/b12-7-;. The van der Waals surface area contributed by atoms with E-state index in [1.807, 2.05) is 26.0 Å². The maximum atomic E-state index is 4.05. The Kier molecular flexibility index (Phi) is 7.06. The number of rotatable bonds is 4. The second-order valence-corrected chi connectivity index (χ2v) is 14.4. The summed E-state index contributed by atoms with van der Waals surface area (Å²) >= 11 is -1.69. The maximum absolute atomic E-state index is 4.05. The molecule has 0 heterocycles. The van der Waals surface area contributed by atoms with E-state index in [4.69, 9.17) is 0 Å². The van der Waals surface area contributed by atoms with Gasteiger partial charge in [-0.1, -0.05) is 13.8 Å². The van der Waals surface area contributed by atoms with Gasteiger partial charge in [-0.15, -0.1) is 0 Å². The number of fused-ring (bicyclic) bond motifs is 1. The normalized spacial score (nSPS) is 11.9. The molecule has 0 aliphatic rings. The van der Waals surface area contributed by atoms with Crippen molar-refractivity contribution >= 4 is 46.3 Å². The first-order valence-corrected chi connectivity index (χ1v) is 14.1. The largest absolute Gasteiger partial charge is 0.0683 e. The van der Waals surface area contributed by atoms with Crippen molar-refractivity contribution < 1.29 is 0 Å². The quantitative estimate of drug-likeness (QED) is 0.521. The summed E-state index contributed by atoms with van der Waals surface area (Å²) in [5, 5.41) is 2.66. The van der Waals surface area contributed by atoms with E-state index < -0.39 is 12.8 Å². The molecule has 2 aromatic rings. The SMILES string of the molecule is C=Cc1c(/C=C\C)c([Se](C)(C)C)c2ccccc2c1C=C.CC. The van der Waals surface area contributed by atoms with Gasteiger partial charge in [0.05, 0.1) is 0 Å². The van der Waals surface area contributed by atoms with Crippen LogP contribution in [0.15, 0.2) is 43.5 Å². The predicted octanol–water partition coefficient (Wildman–Crippen LogP) is 6.73. The van der Waals surface area contributed by atoms with Crippen molar-refractivity contribution in [3.8, 4) is 0 Å². The van der Waals surface area contributed by atoms with Crippen molar-refractivity contribution in [1.29, 1.82) is 0 Å². The molecule has 0 amide bonds. The molecule has 0 radical (unpaired) electrons. The molecule has 2 aromatic carbocycles. The minimum Gasteiger partial charge on any atom is -0.0683 e. The second-order valence-electron chi connectivity index (χ2n) is 5.86. The van der Waals surface area contributed by atoms with Crippen molar-refractivity contribution in [2.75, 3.05) is 0 Å². The van der Waals surface area contributed by atoms with E-state index in [0.29, 0.717) is 0 Å². The van der Waals surface area contributed by atoms with Crippen molar-refractivity contribution in [2.45, 2.75) is 38.2 Å². The second kappa shape index (κ2) is 8.34. The van der Waals surface area contributed by atoms with E-state index >= 15 is 0 Å². The average Bonchev–Trinajstić information content (AvgIpc) is 2.54. The minimum absolute atomic E-state index is 1.19. The molecule has 0 aliphatic heterocycles. The zero-order valence-electron chi connectivity index (χ0n) is 15.4. The molecule has 0 bridgehead atoms. The topological polar surface area (TPSA) is 0 Å². The molecule has 0 aliphatic carbocycles. The number of hydrogen-bond acceptors (Lipinski definition) is 0. The summed E-state index contributed by atoms with van der Waals surface area (Å²) in [6.07, 6.45) is 8.29. The average molecular weight is 373 g/mol. The third kappa shape index (κ3) is 3.86. The Hall–Kier alpha value is -1.56. The first-order valence-electron chi connectivity index (χ1n) is 8.10. The molecule has 0 N–H and O–H groups in total. The third-order valence-corrected chi connectivity index (χ3v) is 7.13. The molecular formula is C22H30Se. The summed E-state index contributed by atoms with van der Waals surface area (Å²) in [6.45, 7) is 14.1. The van der Waals surface area contributed by atoms with Crippen LogP contribution in [0, 0.1) is 0 Å². The van der Waals surface area contributed by atoms with Gasteiger partial charge in [-0.25, -0.2) is 0 Å². The molecule has 0 atom stereocenters. The van der Waals surface area contributed by atoms with Crippen molar-refractivity contribution in [3.63, 3.8) is 0 Å². The van der Waals surface area contributed by atoms with Crippen LogP contribution in [-0.2, 0) is 0 Å². The first-order chi connectivity index (χ1) is 11.0. The summed E-state index contributed by atoms with van der Waals surface area (Å²) in [5.41, 5.74) is 3.73. The molecule has 0 nitrogen and oxygen atoms in total. The summed E-state index contributed by atoms with van der Waals surface area (Å²) in [7, 11) is 0. The van der Waals surface area contributed by atoms with Crippen molar-refractivity contribution in [3.05, 3.63) is 60.2 Å². The smallest absolute Gasteiger partial charge is 0.0683 e. The minimum atomic E-state index is -1.69. The maximum Gasteiger partial charge on any atom is -0.0683 e. The Morgan fingerprint density at radius 1 is 0.826 bits per heavy atom. The van der Waals surface area contributed by atoms with Gasteiger partial charge < -0.3 is 0 Å². The van der Waals surface area contributed by atoms with Crippen LogP contribution in [0.2, 0.25) is 17.5 Å². The molecule has 0 unspecified atom stereocenters. The molecular weight excluding hydrogens is 343 g/mol. The number of allylic oxidation sites excluding steroid dienone is 1. The Morgan fingerprint density at radius 2 is 1.35 bits per heavy atom. The summed E-state index contributed by atoms with van der Waals surface area (Å²) < 4.78 is 1.53. The molecule has 0 saturated heterocycles. The third-order valence-electron chi connectivity index (χ3n) is 3.64. The molecule has 0 saturated carbocycles. The Morgan fingerprint density at radius 3 is 1.78 bits per heavy atom. The van der Waals surface area contributed by atoms with Gasteiger partial charge in [0, 0.05) is 0 Å². The van der Waals surface area contributed by atoms with E-state index in [9.17, 15) is 0 Å². The van der Waals surface area contributed by atoms with Crippen molar-refractivity contribution in [2.24, 2.45) is 0 Å². The van der Waals surface area contributed by atoms with Gasteiger partial charge in [-0.2, -0.15) is 0 Å². The van der Waals surface area contributed by atoms with E-state index in [1.54, 1.807) is 0 Å². The summed E-state index contributed by atoms with van der Waals surface area (Å²) in [4.78, 5) is 0. The summed E-state index contributed by atoms with van der Waals surface area (Å²) in [6, 6.07) is 8.69. The van der Waals surface area contributed by atoms with Gasteiger partial charge in [-0.05, 0) is 0 Å². The van der Waals surface area contributed by atoms with Gasteiger partial charge in [0.25, 0.3) is 0 Å². The fourth-order valence-electron chi connectivity index (χ4n) is 2.91. The summed E-state index contributed by atoms with van der Waals surface area (Å²) in [5.74, 6) is 7.27. The van der Waals surface area contributed by atoms with E-state index in [0.717, 1.165) is 0 Å². The Balaban J connectivity index is 0.00000127. The van der Waals surface area contributed by atoms with Crippen LogP contribution >= 0.6 is 0 Å². The van der Waals surface area contributed by atoms with Crippen LogP contribution in [0.3, 0.4) is 0 Å². The molecule has 0 spiro atoms. The van der Waals surface area contributed by atoms with Crippen LogP contribution in [0.5, 0.6) is 0 Å². The molecule has 2 rings (SSSR count). The van der Waals surface area contributed by atoms with Gasteiger partial charge in [0.1, 0.15) is 0 Å². The van der Waals surface area contributed by atoms with Crippen molar-refractivity contribution in [1.82, 2.24) is 0 Å². The van der Waals surface area contributed by atoms with Crippen LogP contribution in [0.25, 0.3) is 29.0 Å². The van der Waals surface area contributed by atoms with E-state index in [-0.39, 0.29) is 0 Å². The molecule has 1 heteroatoms. The van der Waals surface area contributed by atoms with Crippen LogP contribution < -0.4 is 4.46 Å². The monoisotopic (exact) mass is 374 g/mol.